The smallest absolute Gasteiger partial charge is 0.312 e. The number of phenols is 2. The number of phenolic OH excluding ortho intramolecular Hbond substituents is 2. The summed E-state index contributed by atoms with van der Waals surface area (Å²) in [5.74, 6) is -6.95. The van der Waals surface area contributed by atoms with Gasteiger partial charge in [-0.05, 0) is 37.6 Å². The summed E-state index contributed by atoms with van der Waals surface area (Å²) in [4.78, 5) is 51.7. The van der Waals surface area contributed by atoms with Crippen LogP contribution in [-0.2, 0) is 30.3 Å². The van der Waals surface area contributed by atoms with Crippen molar-refractivity contribution in [2.24, 2.45) is 23.7 Å². The minimum absolute atomic E-state index is 0.00292. The number of allylic oxidation sites excluding steroid dienone is 2. The fraction of sp³-hybridized carbons (Fsp3) is 0.373. The van der Waals surface area contributed by atoms with Gasteiger partial charge in [-0.2, -0.15) is 0 Å². The van der Waals surface area contributed by atoms with E-state index in [0.29, 0.717) is 12.5 Å². The Kier molecular flexibility index (Phi) is 13.6. The molecule has 4 bridgehead atoms. The number of nitrogens with one attached hydrogen (secondary N) is 2. The van der Waals surface area contributed by atoms with Crippen LogP contribution >= 0.6 is 0 Å². The van der Waals surface area contributed by atoms with Crippen LogP contribution < -0.4 is 15.0 Å². The molecule has 15 nitrogen and oxygen atoms in total. The van der Waals surface area contributed by atoms with Crippen molar-refractivity contribution in [3.8, 4) is 17.2 Å². The molecule has 66 heavy (non-hydrogen) atoms. The number of hydrogen-bond acceptors (Lipinski definition) is 13. The SMILES string of the molecule is CO[C@H]1/C=C/O[C@@]2(C)Oc3c(C)c(O)c4c(O)c(c5[nH]c(N(Cc6ccccc6)c6ccccc6)nc5c4c3C2=O)NC(=O)/C(C)=C\C=C\[C@H](C)[C@H](O)[C@@H](C)[C@@H](O)[C@@H](C)[C@H](OC(C)=O)[C@@H]1C. The van der Waals surface area contributed by atoms with Crippen LogP contribution in [0.15, 0.2) is 96.8 Å². The van der Waals surface area contributed by atoms with E-state index >= 15 is 0 Å². The van der Waals surface area contributed by atoms with E-state index in [-0.39, 0.29) is 49.9 Å². The summed E-state index contributed by atoms with van der Waals surface area (Å²) in [6, 6.07) is 19.2. The topological polar surface area (TPSA) is 213 Å². The van der Waals surface area contributed by atoms with Gasteiger partial charge in [0, 0.05) is 66.8 Å². The van der Waals surface area contributed by atoms with Crippen LogP contribution in [0, 0.1) is 30.6 Å². The van der Waals surface area contributed by atoms with Crippen LogP contribution in [-0.4, -0.2) is 85.4 Å². The largest absolute Gasteiger partial charge is 0.507 e. The number of aromatic nitrogens is 2. The second-order valence-electron chi connectivity index (χ2n) is 17.5. The molecule has 1 aromatic heterocycles. The highest BCUT2D eigenvalue weighted by Gasteiger charge is 2.50. The van der Waals surface area contributed by atoms with Crippen LogP contribution in [0.5, 0.6) is 17.2 Å². The van der Waals surface area contributed by atoms with Gasteiger partial charge in [-0.3, -0.25) is 14.4 Å². The zero-order chi connectivity index (χ0) is 47.8. The van der Waals surface area contributed by atoms with Gasteiger partial charge in [-0.25, -0.2) is 4.98 Å². The van der Waals surface area contributed by atoms with Crippen molar-refractivity contribution < 1.29 is 53.8 Å². The average Bonchev–Trinajstić information content (AvgIpc) is 3.86. The van der Waals surface area contributed by atoms with E-state index in [1.165, 1.54) is 40.2 Å². The number of H-pyrrole nitrogens is 1. The van der Waals surface area contributed by atoms with Gasteiger partial charge < -0.3 is 54.6 Å². The number of imidazole rings is 1. The molecule has 6 N–H and O–H groups in total. The van der Waals surface area contributed by atoms with E-state index in [4.69, 9.17) is 23.9 Å². The molecule has 0 unspecified atom stereocenters. The van der Waals surface area contributed by atoms with Crippen LogP contribution in [0.2, 0.25) is 0 Å². The number of carbonyl (C=O) groups excluding carboxylic acids is 3. The molecule has 0 saturated carbocycles. The number of nitrogens with zero attached hydrogens (tertiary/aromatic N) is 2. The molecule has 348 valence electrons. The van der Waals surface area contributed by atoms with Crippen molar-refractivity contribution >= 4 is 56.8 Å². The maximum absolute atomic E-state index is 14.9. The number of fused-ring (bicyclic) bond motifs is 1. The predicted molar refractivity (Wildman–Crippen MR) is 251 cm³/mol. The highest BCUT2D eigenvalue weighted by Crippen LogP contribution is 2.54. The van der Waals surface area contributed by atoms with Crippen molar-refractivity contribution in [3.63, 3.8) is 0 Å². The van der Waals surface area contributed by atoms with E-state index in [1.54, 1.807) is 52.8 Å². The fourth-order valence-electron chi connectivity index (χ4n) is 8.99. The lowest BCUT2D eigenvalue weighted by molar-refractivity contribution is -0.160. The number of anilines is 3. The van der Waals surface area contributed by atoms with Gasteiger partial charge in [0.1, 0.15) is 28.8 Å². The number of amides is 1. The third-order valence-corrected chi connectivity index (χ3v) is 13.0. The third kappa shape index (κ3) is 8.85. The van der Waals surface area contributed by atoms with E-state index in [0.717, 1.165) is 11.3 Å². The number of aliphatic hydroxyl groups excluding tert-OH is 2. The summed E-state index contributed by atoms with van der Waals surface area (Å²) < 4.78 is 24.1. The predicted octanol–water partition coefficient (Wildman–Crippen LogP) is 8.26. The molecule has 3 heterocycles. The molecule has 15 heteroatoms. The minimum atomic E-state index is -2.01. The number of aromatic amines is 1. The standard InChI is InChI=1S/C51H58N4O11/c1-26-17-16-18-27(2)49(62)52-41-40-39(53-50(54-40)55(34-21-14-11-15-22-34)25-33-19-12-10-13-20-33)36-37(45(41)60)44(59)31(6)47-38(36)48(61)51(8,66-47)64-24-23-35(63-9)28(3)46(65-32(7)56)30(5)43(58)29(4)42(26)57/h10-24,26,28-30,35,42-43,46,57-60H,25H2,1-9H3,(H,52,62)(H,53,54)/b17-16+,24-23+,27-18-/t26-,28+,29+,30+,35-,42-,43+,46+,51-/m0/s1. The fourth-order valence-corrected chi connectivity index (χ4v) is 8.99. The first kappa shape index (κ1) is 47.3. The molecule has 2 aliphatic heterocycles. The van der Waals surface area contributed by atoms with Crippen molar-refractivity contribution in [2.45, 2.75) is 92.1 Å². The number of hydrogen-bond donors (Lipinski definition) is 6. The molecule has 9 atom stereocenters. The Morgan fingerprint density at radius 3 is 2.21 bits per heavy atom. The Balaban J connectivity index is 1.45. The Morgan fingerprint density at radius 1 is 0.894 bits per heavy atom. The van der Waals surface area contributed by atoms with Crippen LogP contribution in [0.3, 0.4) is 0 Å². The van der Waals surface area contributed by atoms with Gasteiger partial charge in [-0.1, -0.05) is 94.5 Å². The van der Waals surface area contributed by atoms with Crippen LogP contribution in [0.4, 0.5) is 17.3 Å². The van der Waals surface area contributed by atoms with Gasteiger partial charge in [0.2, 0.25) is 5.95 Å². The Labute approximate surface area is 383 Å². The third-order valence-electron chi connectivity index (χ3n) is 13.0. The summed E-state index contributed by atoms with van der Waals surface area (Å²) >= 11 is 0. The number of carbonyl (C=O) groups is 3. The maximum atomic E-state index is 14.9. The Morgan fingerprint density at radius 2 is 1.56 bits per heavy atom. The van der Waals surface area contributed by atoms with Crippen LogP contribution in [0.25, 0.3) is 21.8 Å². The molecule has 0 saturated heterocycles. The van der Waals surface area contributed by atoms with Crippen LogP contribution in [0.1, 0.15) is 70.0 Å². The lowest BCUT2D eigenvalue weighted by Crippen LogP contribution is -2.46. The van der Waals surface area contributed by atoms with Gasteiger partial charge in [0.15, 0.2) is 5.75 Å². The zero-order valence-electron chi connectivity index (χ0n) is 38.5. The van der Waals surface area contributed by atoms with Gasteiger partial charge >= 0.3 is 11.8 Å². The van der Waals surface area contributed by atoms with Crippen molar-refractivity contribution in [2.75, 3.05) is 17.3 Å². The normalized spacial score (nSPS) is 28.0. The molecular weight excluding hydrogens is 845 g/mol. The second-order valence-corrected chi connectivity index (χ2v) is 17.5. The quantitative estimate of drug-likeness (QED) is 0.0701. The Hall–Kier alpha value is -6.68. The molecule has 4 aromatic carbocycles. The second kappa shape index (κ2) is 19.0. The number of ketones is 1. The van der Waals surface area contributed by atoms with E-state index in [9.17, 15) is 34.8 Å². The lowest BCUT2D eigenvalue weighted by atomic mass is 9.78. The van der Waals surface area contributed by atoms with Gasteiger partial charge in [0.05, 0.1) is 47.6 Å². The number of aromatic hydroxyl groups is 2. The summed E-state index contributed by atoms with van der Waals surface area (Å²) in [6.45, 7) is 13.2. The number of ether oxygens (including phenoxy) is 4. The molecule has 7 rings (SSSR count). The van der Waals surface area contributed by atoms with E-state index in [2.05, 4.69) is 10.3 Å². The molecule has 5 aromatic rings. The maximum Gasteiger partial charge on any atom is 0.312 e. The molecule has 0 spiro atoms. The average molecular weight is 903 g/mol. The van der Waals surface area contributed by atoms with E-state index < -0.39 is 83.0 Å². The van der Waals surface area contributed by atoms with Gasteiger partial charge in [0.25, 0.3) is 11.7 Å². The minimum Gasteiger partial charge on any atom is -0.507 e. The summed E-state index contributed by atoms with van der Waals surface area (Å²) in [5.41, 5.74) is 2.23. The first-order valence-electron chi connectivity index (χ1n) is 22.0. The molecule has 0 radical (unpaired) electrons. The summed E-state index contributed by atoms with van der Waals surface area (Å²) in [7, 11) is 1.46. The molecule has 0 fully saturated rings. The highest BCUT2D eigenvalue weighted by molar-refractivity contribution is 6.28. The molecule has 1 amide bonds. The number of esters is 1. The highest BCUT2D eigenvalue weighted by atomic mass is 16.7. The summed E-state index contributed by atoms with van der Waals surface area (Å²) in [5, 5.41) is 50.0. The number of aliphatic hydroxyl groups is 2. The van der Waals surface area contributed by atoms with Crippen molar-refractivity contribution in [1.29, 1.82) is 0 Å². The molecule has 2 aliphatic rings. The molecule has 0 aliphatic carbocycles. The monoisotopic (exact) mass is 902 g/mol. The van der Waals surface area contributed by atoms with Crippen molar-refractivity contribution in [3.05, 3.63) is 113 Å². The van der Waals surface area contributed by atoms with Crippen molar-refractivity contribution in [1.82, 2.24) is 9.97 Å². The number of methoxy groups -OCH3 is 1. The molecular formula is C51H58N4O11. The van der Waals surface area contributed by atoms with E-state index in [1.807, 2.05) is 65.6 Å². The first-order chi connectivity index (χ1) is 31.4. The first-order valence-corrected chi connectivity index (χ1v) is 22.0. The number of Topliss-reactive ketones (excluding diaryl/α,β-unsaturated/α-hetero) is 1. The van der Waals surface area contributed by atoms with Gasteiger partial charge in [-0.15, -0.1) is 0 Å². The number of para-hydroxylation sites is 1. The zero-order valence-corrected chi connectivity index (χ0v) is 38.5. The summed E-state index contributed by atoms with van der Waals surface area (Å²) in [6.07, 6.45) is 3.81. The number of benzene rings is 4. The number of rotatable bonds is 6. The Bertz CT molecular complexity index is 2730. The lowest BCUT2D eigenvalue weighted by Gasteiger charge is -2.38.